The molecule has 1 fully saturated rings. The van der Waals surface area contributed by atoms with Crippen LogP contribution in [-0.2, 0) is 6.54 Å². The largest absolute Gasteiger partial charge is 0.324 e. The number of amides is 2. The van der Waals surface area contributed by atoms with Crippen molar-refractivity contribution in [3.63, 3.8) is 0 Å². The summed E-state index contributed by atoms with van der Waals surface area (Å²) in [6, 6.07) is 6.54. The van der Waals surface area contributed by atoms with Gasteiger partial charge in [0.05, 0.1) is 18.4 Å². The van der Waals surface area contributed by atoms with Crippen LogP contribution in [-0.4, -0.2) is 45.8 Å². The lowest BCUT2D eigenvalue weighted by atomic mass is 10.0. The average molecular weight is 362 g/mol. The molecule has 3 rings (SSSR count). The van der Waals surface area contributed by atoms with Crippen LogP contribution in [0.5, 0.6) is 0 Å². The highest BCUT2D eigenvalue weighted by Gasteiger charge is 2.23. The minimum Gasteiger partial charge on any atom is -0.324 e. The number of hydrogen-bond donors (Lipinski definition) is 1. The zero-order valence-corrected chi connectivity index (χ0v) is 15.1. The Labute approximate surface area is 151 Å². The number of thioether (sulfide) groups is 1. The predicted octanol–water partition coefficient (Wildman–Crippen LogP) is 3.68. The van der Waals surface area contributed by atoms with E-state index in [9.17, 15) is 9.18 Å². The summed E-state index contributed by atoms with van der Waals surface area (Å²) >= 11 is 1.83. The topological polar surface area (TPSA) is 50.2 Å². The normalized spacial score (nSPS) is 17.5. The fourth-order valence-corrected chi connectivity index (χ4v) is 3.88. The third-order valence-electron chi connectivity index (χ3n) is 4.38. The smallest absolute Gasteiger partial charge is 0.321 e. The SMILES string of the molecule is CSC[C@@H]1CCCN(C(=O)Nc2cnn(Cc3ccccc3F)c2)C1. The minimum absolute atomic E-state index is 0.0868. The molecule has 5 nitrogen and oxygen atoms in total. The van der Waals surface area contributed by atoms with E-state index in [1.807, 2.05) is 16.7 Å². The average Bonchev–Trinajstić information content (AvgIpc) is 3.04. The second-order valence-electron chi connectivity index (χ2n) is 6.36. The molecule has 0 radical (unpaired) electrons. The van der Waals surface area contributed by atoms with E-state index in [0.717, 1.165) is 25.3 Å². The second kappa shape index (κ2) is 8.38. The summed E-state index contributed by atoms with van der Waals surface area (Å²) in [5.74, 6) is 1.40. The van der Waals surface area contributed by atoms with E-state index in [0.29, 0.717) is 23.7 Å². The molecule has 0 spiro atoms. The monoisotopic (exact) mass is 362 g/mol. The molecule has 1 saturated heterocycles. The summed E-state index contributed by atoms with van der Waals surface area (Å²) < 4.78 is 15.3. The summed E-state index contributed by atoms with van der Waals surface area (Å²) in [6.45, 7) is 1.93. The Bertz CT molecular complexity index is 719. The van der Waals surface area contributed by atoms with E-state index in [2.05, 4.69) is 16.7 Å². The number of anilines is 1. The van der Waals surface area contributed by atoms with E-state index in [-0.39, 0.29) is 11.8 Å². The highest BCUT2D eigenvalue weighted by Crippen LogP contribution is 2.20. The molecule has 2 aromatic rings. The number of rotatable bonds is 5. The number of nitrogens with zero attached hydrogens (tertiary/aromatic N) is 3. The highest BCUT2D eigenvalue weighted by atomic mass is 32.2. The quantitative estimate of drug-likeness (QED) is 0.883. The first-order chi connectivity index (χ1) is 12.2. The van der Waals surface area contributed by atoms with Gasteiger partial charge in [0, 0.05) is 24.8 Å². The van der Waals surface area contributed by atoms with Gasteiger partial charge in [0.1, 0.15) is 5.82 Å². The summed E-state index contributed by atoms with van der Waals surface area (Å²) in [7, 11) is 0. The number of benzene rings is 1. The molecule has 1 aromatic heterocycles. The van der Waals surface area contributed by atoms with Crippen LogP contribution in [0.3, 0.4) is 0 Å². The Balaban J connectivity index is 1.57. The summed E-state index contributed by atoms with van der Waals surface area (Å²) in [5.41, 5.74) is 1.20. The predicted molar refractivity (Wildman–Crippen MR) is 99.4 cm³/mol. The molecule has 1 aliphatic rings. The molecule has 0 saturated carbocycles. The number of aromatic nitrogens is 2. The van der Waals surface area contributed by atoms with Crippen molar-refractivity contribution < 1.29 is 9.18 Å². The number of carbonyl (C=O) groups is 1. The molecule has 7 heteroatoms. The molecule has 134 valence electrons. The van der Waals surface area contributed by atoms with Crippen molar-refractivity contribution in [2.75, 3.05) is 30.4 Å². The second-order valence-corrected chi connectivity index (χ2v) is 7.27. The van der Waals surface area contributed by atoms with Crippen LogP contribution in [0, 0.1) is 11.7 Å². The van der Waals surface area contributed by atoms with Crippen molar-refractivity contribution in [3.8, 4) is 0 Å². The lowest BCUT2D eigenvalue weighted by molar-refractivity contribution is 0.183. The van der Waals surface area contributed by atoms with Gasteiger partial charge in [0.15, 0.2) is 0 Å². The van der Waals surface area contributed by atoms with Crippen molar-refractivity contribution in [2.45, 2.75) is 19.4 Å². The lowest BCUT2D eigenvalue weighted by Crippen LogP contribution is -2.42. The maximum Gasteiger partial charge on any atom is 0.321 e. The maximum absolute atomic E-state index is 13.7. The van der Waals surface area contributed by atoms with Gasteiger partial charge in [-0.05, 0) is 36.8 Å². The molecule has 0 unspecified atom stereocenters. The van der Waals surface area contributed by atoms with Gasteiger partial charge in [0.2, 0.25) is 0 Å². The third kappa shape index (κ3) is 4.75. The standard InChI is InChI=1S/C18H23FN4OS/c1-25-13-14-5-4-8-22(10-14)18(24)21-16-9-20-23(12-16)11-15-6-2-3-7-17(15)19/h2-3,6-7,9,12,14H,4-5,8,10-11,13H2,1H3,(H,21,24)/t14-/m1/s1. The minimum atomic E-state index is -0.253. The van der Waals surface area contributed by atoms with E-state index in [1.165, 1.54) is 12.5 Å². The number of piperidine rings is 1. The first-order valence-electron chi connectivity index (χ1n) is 8.46. The summed E-state index contributed by atoms with van der Waals surface area (Å²) in [4.78, 5) is 14.3. The lowest BCUT2D eigenvalue weighted by Gasteiger charge is -2.32. The van der Waals surface area contributed by atoms with E-state index in [4.69, 9.17) is 0 Å². The molecule has 2 amide bonds. The fraction of sp³-hybridized carbons (Fsp3) is 0.444. The van der Waals surface area contributed by atoms with E-state index in [1.54, 1.807) is 35.3 Å². The molecule has 1 atom stereocenters. The van der Waals surface area contributed by atoms with Crippen LogP contribution in [0.15, 0.2) is 36.7 Å². The Kier molecular flexibility index (Phi) is 5.96. The highest BCUT2D eigenvalue weighted by molar-refractivity contribution is 7.98. The number of hydrogen-bond acceptors (Lipinski definition) is 3. The van der Waals surface area contributed by atoms with Crippen molar-refractivity contribution in [2.24, 2.45) is 5.92 Å². The Hall–Kier alpha value is -2.02. The van der Waals surface area contributed by atoms with Crippen molar-refractivity contribution in [1.82, 2.24) is 14.7 Å². The van der Waals surface area contributed by atoms with Crippen LogP contribution in [0.4, 0.5) is 14.9 Å². The van der Waals surface area contributed by atoms with E-state index >= 15 is 0 Å². The van der Waals surface area contributed by atoms with Gasteiger partial charge in [-0.2, -0.15) is 16.9 Å². The van der Waals surface area contributed by atoms with Crippen LogP contribution in [0.1, 0.15) is 18.4 Å². The van der Waals surface area contributed by atoms with Crippen molar-refractivity contribution >= 4 is 23.5 Å². The molecule has 1 N–H and O–H groups in total. The third-order valence-corrected chi connectivity index (χ3v) is 5.19. The maximum atomic E-state index is 13.7. The van der Waals surface area contributed by atoms with Gasteiger partial charge in [-0.15, -0.1) is 0 Å². The molecule has 0 bridgehead atoms. The van der Waals surface area contributed by atoms with Crippen LogP contribution in [0.2, 0.25) is 0 Å². The fourth-order valence-electron chi connectivity index (χ4n) is 3.14. The van der Waals surface area contributed by atoms with Crippen LogP contribution < -0.4 is 5.32 Å². The zero-order chi connectivity index (χ0) is 17.6. The summed E-state index contributed by atoms with van der Waals surface area (Å²) in [6.07, 6.45) is 7.66. The van der Waals surface area contributed by atoms with Gasteiger partial charge < -0.3 is 10.2 Å². The molecule has 2 heterocycles. The number of carbonyl (C=O) groups excluding carboxylic acids is 1. The number of nitrogens with one attached hydrogen (secondary N) is 1. The van der Waals surface area contributed by atoms with Crippen LogP contribution in [0.25, 0.3) is 0 Å². The number of urea groups is 1. The molecular weight excluding hydrogens is 339 g/mol. The van der Waals surface area contributed by atoms with Crippen molar-refractivity contribution in [1.29, 1.82) is 0 Å². The zero-order valence-electron chi connectivity index (χ0n) is 14.3. The van der Waals surface area contributed by atoms with Gasteiger partial charge in [-0.3, -0.25) is 4.68 Å². The molecule has 1 aliphatic heterocycles. The molecule has 1 aromatic carbocycles. The van der Waals surface area contributed by atoms with Gasteiger partial charge in [-0.1, -0.05) is 18.2 Å². The Morgan fingerprint density at radius 2 is 2.28 bits per heavy atom. The molecular formula is C18H23FN4OS. The Morgan fingerprint density at radius 3 is 3.08 bits per heavy atom. The van der Waals surface area contributed by atoms with Gasteiger partial charge in [-0.25, -0.2) is 9.18 Å². The molecule has 25 heavy (non-hydrogen) atoms. The van der Waals surface area contributed by atoms with Crippen LogP contribution >= 0.6 is 11.8 Å². The number of likely N-dealkylation sites (tertiary alicyclic amines) is 1. The first-order valence-corrected chi connectivity index (χ1v) is 9.86. The Morgan fingerprint density at radius 1 is 1.44 bits per heavy atom. The number of halogens is 1. The first kappa shape index (κ1) is 17.8. The van der Waals surface area contributed by atoms with Gasteiger partial charge in [0.25, 0.3) is 0 Å². The van der Waals surface area contributed by atoms with Crippen molar-refractivity contribution in [3.05, 3.63) is 48.0 Å². The molecule has 0 aliphatic carbocycles. The van der Waals surface area contributed by atoms with Gasteiger partial charge >= 0.3 is 6.03 Å². The van der Waals surface area contributed by atoms with E-state index < -0.39 is 0 Å². The summed E-state index contributed by atoms with van der Waals surface area (Å²) in [5, 5.41) is 7.11.